The summed E-state index contributed by atoms with van der Waals surface area (Å²) >= 11 is 1.99. The smallest absolute Gasteiger partial charge is 0.344 e. The normalized spacial score (nSPS) is 11.3. The van der Waals surface area contributed by atoms with E-state index in [2.05, 4.69) is 0 Å². The van der Waals surface area contributed by atoms with Crippen LogP contribution in [0.1, 0.15) is 18.1 Å². The van der Waals surface area contributed by atoms with Crippen molar-refractivity contribution in [1.82, 2.24) is 0 Å². The summed E-state index contributed by atoms with van der Waals surface area (Å²) in [6.45, 7) is 4.24. The quantitative estimate of drug-likeness (QED) is 0.486. The highest BCUT2D eigenvalue weighted by Crippen LogP contribution is 2.15. The number of hydrogen-bond acceptors (Lipinski definition) is 2. The molecule has 0 radical (unpaired) electrons. The second-order valence-corrected chi connectivity index (χ2v) is 4.29. The number of carbonyl (C=O) groups is 1. The standard InChI is InChI=1S/C12H13IO2/c1-3-15-12(14)11(13)8-10-6-4-9(2)5-7-10/h4-8H,3H2,1-2H3/b11-8-. The number of rotatable bonds is 3. The Labute approximate surface area is 103 Å². The van der Waals surface area contributed by atoms with Gasteiger partial charge >= 0.3 is 5.97 Å². The third-order valence-electron chi connectivity index (χ3n) is 1.84. The fourth-order valence-corrected chi connectivity index (χ4v) is 1.58. The molecule has 1 aromatic rings. The van der Waals surface area contributed by atoms with E-state index < -0.39 is 0 Å². The van der Waals surface area contributed by atoms with Gasteiger partial charge in [-0.15, -0.1) is 0 Å². The molecule has 0 aliphatic heterocycles. The van der Waals surface area contributed by atoms with E-state index >= 15 is 0 Å². The number of halogens is 1. The third kappa shape index (κ3) is 4.03. The summed E-state index contributed by atoms with van der Waals surface area (Å²) < 4.78 is 5.48. The van der Waals surface area contributed by atoms with Gasteiger partial charge in [-0.3, -0.25) is 0 Å². The number of esters is 1. The van der Waals surface area contributed by atoms with Crippen molar-refractivity contribution < 1.29 is 9.53 Å². The minimum atomic E-state index is -0.265. The van der Waals surface area contributed by atoms with Gasteiger partial charge in [0.1, 0.15) is 0 Å². The first-order valence-corrected chi connectivity index (χ1v) is 5.82. The van der Waals surface area contributed by atoms with Gasteiger partial charge in [0.25, 0.3) is 0 Å². The van der Waals surface area contributed by atoms with Crippen LogP contribution in [-0.4, -0.2) is 12.6 Å². The van der Waals surface area contributed by atoms with E-state index in [-0.39, 0.29) is 5.97 Å². The van der Waals surface area contributed by atoms with Gasteiger partial charge in [-0.1, -0.05) is 29.8 Å². The number of aryl methyl sites for hydroxylation is 1. The predicted octanol–water partition coefficient (Wildman–Crippen LogP) is 3.33. The van der Waals surface area contributed by atoms with Crippen LogP contribution in [0.2, 0.25) is 0 Å². The van der Waals surface area contributed by atoms with E-state index in [0.29, 0.717) is 10.2 Å². The predicted molar refractivity (Wildman–Crippen MR) is 69.8 cm³/mol. The molecular weight excluding hydrogens is 303 g/mol. The van der Waals surface area contributed by atoms with Gasteiger partial charge in [0.15, 0.2) is 0 Å². The Morgan fingerprint density at radius 1 is 1.40 bits per heavy atom. The first-order chi connectivity index (χ1) is 7.13. The molecule has 80 valence electrons. The lowest BCUT2D eigenvalue weighted by Gasteiger charge is -2.00. The molecule has 0 bridgehead atoms. The summed E-state index contributed by atoms with van der Waals surface area (Å²) in [7, 11) is 0. The topological polar surface area (TPSA) is 26.3 Å². The van der Waals surface area contributed by atoms with Crippen molar-refractivity contribution in [1.29, 1.82) is 0 Å². The fraction of sp³-hybridized carbons (Fsp3) is 0.250. The lowest BCUT2D eigenvalue weighted by molar-refractivity contribution is -0.137. The highest BCUT2D eigenvalue weighted by molar-refractivity contribution is 14.1. The lowest BCUT2D eigenvalue weighted by Crippen LogP contribution is -2.02. The Balaban J connectivity index is 2.78. The molecule has 15 heavy (non-hydrogen) atoms. The molecule has 0 saturated heterocycles. The van der Waals surface area contributed by atoms with Gasteiger partial charge in [-0.25, -0.2) is 4.79 Å². The molecule has 1 rings (SSSR count). The maximum absolute atomic E-state index is 11.3. The second kappa shape index (κ2) is 5.90. The minimum absolute atomic E-state index is 0.265. The Morgan fingerprint density at radius 3 is 2.53 bits per heavy atom. The van der Waals surface area contributed by atoms with Crippen LogP contribution in [0.4, 0.5) is 0 Å². The van der Waals surface area contributed by atoms with Gasteiger partial charge in [0, 0.05) is 0 Å². The summed E-state index contributed by atoms with van der Waals surface area (Å²) in [5.74, 6) is -0.265. The molecule has 0 saturated carbocycles. The van der Waals surface area contributed by atoms with Gasteiger partial charge in [-0.05, 0) is 48.1 Å². The van der Waals surface area contributed by atoms with Crippen LogP contribution >= 0.6 is 22.6 Å². The second-order valence-electron chi connectivity index (χ2n) is 3.12. The van der Waals surface area contributed by atoms with E-state index in [1.807, 2.05) is 59.9 Å². The molecule has 0 fully saturated rings. The minimum Gasteiger partial charge on any atom is -0.462 e. The molecule has 0 spiro atoms. The Bertz CT molecular complexity index is 366. The lowest BCUT2D eigenvalue weighted by atomic mass is 10.1. The van der Waals surface area contributed by atoms with Crippen molar-refractivity contribution in [3.63, 3.8) is 0 Å². The highest BCUT2D eigenvalue weighted by atomic mass is 127. The number of ether oxygens (including phenoxy) is 1. The zero-order valence-electron chi connectivity index (χ0n) is 8.79. The number of benzene rings is 1. The van der Waals surface area contributed by atoms with Crippen molar-refractivity contribution >= 4 is 34.6 Å². The number of carbonyl (C=O) groups excluding carboxylic acids is 1. The molecule has 0 unspecified atom stereocenters. The van der Waals surface area contributed by atoms with E-state index in [9.17, 15) is 4.79 Å². The van der Waals surface area contributed by atoms with E-state index in [1.165, 1.54) is 5.56 Å². The molecule has 1 aromatic carbocycles. The summed E-state index contributed by atoms with van der Waals surface area (Å²) in [6.07, 6.45) is 1.82. The summed E-state index contributed by atoms with van der Waals surface area (Å²) in [5.41, 5.74) is 2.22. The molecule has 0 aromatic heterocycles. The summed E-state index contributed by atoms with van der Waals surface area (Å²) in [4.78, 5) is 11.3. The van der Waals surface area contributed by atoms with E-state index in [4.69, 9.17) is 4.74 Å². The Morgan fingerprint density at radius 2 is 2.00 bits per heavy atom. The SMILES string of the molecule is CCOC(=O)/C(I)=C/c1ccc(C)cc1. The average molecular weight is 316 g/mol. The first-order valence-electron chi connectivity index (χ1n) is 4.74. The Hall–Kier alpha value is -0.840. The molecule has 0 heterocycles. The maximum Gasteiger partial charge on any atom is 0.344 e. The molecule has 2 nitrogen and oxygen atoms in total. The molecular formula is C12H13IO2. The third-order valence-corrected chi connectivity index (χ3v) is 2.59. The van der Waals surface area contributed by atoms with Crippen LogP contribution in [0.5, 0.6) is 0 Å². The van der Waals surface area contributed by atoms with Gasteiger partial charge in [0.2, 0.25) is 0 Å². The first kappa shape index (κ1) is 12.2. The van der Waals surface area contributed by atoms with Crippen LogP contribution in [0.25, 0.3) is 6.08 Å². The summed E-state index contributed by atoms with van der Waals surface area (Å²) in [5, 5.41) is 0. The van der Waals surface area contributed by atoms with Gasteiger partial charge < -0.3 is 4.74 Å². The van der Waals surface area contributed by atoms with Crippen LogP contribution in [0, 0.1) is 6.92 Å². The zero-order valence-corrected chi connectivity index (χ0v) is 10.9. The molecule has 0 aliphatic rings. The molecule has 0 aliphatic carbocycles. The molecule has 0 atom stereocenters. The molecule has 0 N–H and O–H groups in total. The zero-order chi connectivity index (χ0) is 11.3. The largest absolute Gasteiger partial charge is 0.462 e. The van der Waals surface area contributed by atoms with Crippen LogP contribution in [-0.2, 0) is 9.53 Å². The van der Waals surface area contributed by atoms with Crippen molar-refractivity contribution in [2.75, 3.05) is 6.61 Å². The highest BCUT2D eigenvalue weighted by Gasteiger charge is 2.05. The number of hydrogen-bond donors (Lipinski definition) is 0. The van der Waals surface area contributed by atoms with Crippen LogP contribution < -0.4 is 0 Å². The molecule has 0 amide bonds. The van der Waals surface area contributed by atoms with Crippen molar-refractivity contribution in [2.24, 2.45) is 0 Å². The van der Waals surface area contributed by atoms with E-state index in [1.54, 1.807) is 6.92 Å². The van der Waals surface area contributed by atoms with Crippen molar-refractivity contribution in [2.45, 2.75) is 13.8 Å². The monoisotopic (exact) mass is 316 g/mol. The summed E-state index contributed by atoms with van der Waals surface area (Å²) in [6, 6.07) is 7.99. The van der Waals surface area contributed by atoms with Crippen molar-refractivity contribution in [3.8, 4) is 0 Å². The molecule has 3 heteroatoms. The average Bonchev–Trinajstić information content (AvgIpc) is 2.22. The van der Waals surface area contributed by atoms with Crippen LogP contribution in [0.15, 0.2) is 27.8 Å². The van der Waals surface area contributed by atoms with Crippen molar-refractivity contribution in [3.05, 3.63) is 39.0 Å². The Kier molecular flexibility index (Phi) is 4.81. The maximum atomic E-state index is 11.3. The van der Waals surface area contributed by atoms with E-state index in [0.717, 1.165) is 5.56 Å². The van der Waals surface area contributed by atoms with Gasteiger partial charge in [0.05, 0.1) is 10.2 Å². The van der Waals surface area contributed by atoms with Gasteiger partial charge in [-0.2, -0.15) is 0 Å². The van der Waals surface area contributed by atoms with Crippen LogP contribution in [0.3, 0.4) is 0 Å². The fourth-order valence-electron chi connectivity index (χ4n) is 1.07.